The first-order valence-corrected chi connectivity index (χ1v) is 8.78. The zero-order valence-corrected chi connectivity index (χ0v) is 14.0. The maximum Gasteiger partial charge on any atom is 0.407 e. The van der Waals surface area contributed by atoms with Gasteiger partial charge in [-0.05, 0) is 40.7 Å². The number of hydrogen-bond acceptors (Lipinski definition) is 5. The van der Waals surface area contributed by atoms with Crippen LogP contribution in [0.15, 0.2) is 0 Å². The number of alkyl carbamates (subject to hydrolysis) is 1. The number of amides is 1. The van der Waals surface area contributed by atoms with Gasteiger partial charge in [-0.2, -0.15) is 0 Å². The minimum Gasteiger partial charge on any atom is -0.444 e. The molecule has 0 fully saturated rings. The van der Waals surface area contributed by atoms with Crippen molar-refractivity contribution in [1.29, 1.82) is 0 Å². The monoisotopic (exact) mass is 308 g/mol. The Morgan fingerprint density at radius 2 is 1.85 bits per heavy atom. The van der Waals surface area contributed by atoms with Crippen LogP contribution in [0.3, 0.4) is 0 Å². The van der Waals surface area contributed by atoms with Crippen molar-refractivity contribution >= 4 is 15.9 Å². The molecule has 2 N–H and O–H groups in total. The molecule has 7 heteroatoms. The molecule has 0 heterocycles. The normalized spacial score (nSPS) is 13.8. The van der Waals surface area contributed by atoms with Gasteiger partial charge in [-0.3, -0.25) is 0 Å². The third kappa shape index (κ3) is 11.0. The molecular formula is C13H28N2O4S. The van der Waals surface area contributed by atoms with E-state index in [0.717, 1.165) is 6.42 Å². The molecule has 1 unspecified atom stereocenters. The number of carbonyl (C=O) groups excluding carboxylic acids is 1. The van der Waals surface area contributed by atoms with Gasteiger partial charge in [0.25, 0.3) is 0 Å². The summed E-state index contributed by atoms with van der Waals surface area (Å²) >= 11 is 0. The summed E-state index contributed by atoms with van der Waals surface area (Å²) in [5.74, 6) is 0.308. The average molecular weight is 308 g/mol. The summed E-state index contributed by atoms with van der Waals surface area (Å²) < 4.78 is 27.9. The first kappa shape index (κ1) is 19.2. The Bertz CT molecular complexity index is 388. The van der Waals surface area contributed by atoms with Gasteiger partial charge in [-0.15, -0.1) is 0 Å². The van der Waals surface area contributed by atoms with Crippen molar-refractivity contribution in [3.8, 4) is 0 Å². The predicted octanol–water partition coefficient (Wildman–Crippen LogP) is 1.31. The zero-order valence-electron chi connectivity index (χ0n) is 13.2. The van der Waals surface area contributed by atoms with Crippen molar-refractivity contribution in [3.05, 3.63) is 0 Å². The number of hydrogen-bond donors (Lipinski definition) is 2. The summed E-state index contributed by atoms with van der Waals surface area (Å²) in [5.41, 5.74) is -0.495. The lowest BCUT2D eigenvalue weighted by Crippen LogP contribution is -2.37. The summed E-state index contributed by atoms with van der Waals surface area (Å²) in [5, 5.41) is 5.78. The van der Waals surface area contributed by atoms with Gasteiger partial charge in [-0.25, -0.2) is 13.2 Å². The topological polar surface area (TPSA) is 84.5 Å². The third-order valence-corrected chi connectivity index (χ3v) is 4.35. The van der Waals surface area contributed by atoms with Gasteiger partial charge in [0.1, 0.15) is 5.60 Å². The SMILES string of the molecule is CCS(=O)(=O)CC(C)NCCCNC(=O)OC(C)(C)C. The molecule has 0 aliphatic carbocycles. The van der Waals surface area contributed by atoms with E-state index in [-0.39, 0.29) is 17.5 Å². The maximum absolute atomic E-state index is 11.4. The lowest BCUT2D eigenvalue weighted by molar-refractivity contribution is 0.0527. The summed E-state index contributed by atoms with van der Waals surface area (Å²) in [6.07, 6.45) is 0.287. The molecule has 0 spiro atoms. The van der Waals surface area contributed by atoms with Gasteiger partial charge in [0.15, 0.2) is 9.84 Å². The lowest BCUT2D eigenvalue weighted by Gasteiger charge is -2.19. The Morgan fingerprint density at radius 1 is 1.25 bits per heavy atom. The van der Waals surface area contributed by atoms with Gasteiger partial charge in [0, 0.05) is 18.3 Å². The molecule has 0 aromatic carbocycles. The summed E-state index contributed by atoms with van der Waals surface area (Å²) in [4.78, 5) is 11.3. The van der Waals surface area contributed by atoms with Crippen LogP contribution in [0.2, 0.25) is 0 Å². The fraction of sp³-hybridized carbons (Fsp3) is 0.923. The molecule has 0 aromatic heterocycles. The molecule has 6 nitrogen and oxygen atoms in total. The molecule has 0 rings (SSSR count). The first-order valence-electron chi connectivity index (χ1n) is 6.96. The molecule has 1 atom stereocenters. The molecule has 0 aromatic rings. The maximum atomic E-state index is 11.4. The number of carbonyl (C=O) groups is 1. The Morgan fingerprint density at radius 3 is 2.35 bits per heavy atom. The summed E-state index contributed by atoms with van der Waals surface area (Å²) in [6, 6.07) is -0.0820. The quantitative estimate of drug-likeness (QED) is 0.661. The van der Waals surface area contributed by atoms with E-state index in [0.29, 0.717) is 13.1 Å². The standard InChI is InChI=1S/C13H28N2O4S/c1-6-20(17,18)10-11(2)14-8-7-9-15-12(16)19-13(3,4)5/h11,14H,6-10H2,1-5H3,(H,15,16). The highest BCUT2D eigenvalue weighted by molar-refractivity contribution is 7.91. The van der Waals surface area contributed by atoms with E-state index in [1.807, 2.05) is 27.7 Å². The smallest absolute Gasteiger partial charge is 0.407 e. The Labute approximate surface area is 122 Å². The molecule has 1 amide bonds. The highest BCUT2D eigenvalue weighted by Crippen LogP contribution is 2.06. The Hall–Kier alpha value is -0.820. The predicted molar refractivity (Wildman–Crippen MR) is 80.6 cm³/mol. The van der Waals surface area contributed by atoms with Crippen molar-refractivity contribution in [2.75, 3.05) is 24.6 Å². The second-order valence-corrected chi connectivity index (χ2v) is 8.23. The Balaban J connectivity index is 3.70. The highest BCUT2D eigenvalue weighted by Gasteiger charge is 2.15. The van der Waals surface area contributed by atoms with Crippen LogP contribution in [0.25, 0.3) is 0 Å². The van der Waals surface area contributed by atoms with Gasteiger partial charge in [0.2, 0.25) is 0 Å². The van der Waals surface area contributed by atoms with E-state index < -0.39 is 21.5 Å². The Kier molecular flexibility index (Phi) is 8.12. The number of ether oxygens (including phenoxy) is 1. The van der Waals surface area contributed by atoms with Gasteiger partial charge < -0.3 is 15.4 Å². The van der Waals surface area contributed by atoms with E-state index in [2.05, 4.69) is 10.6 Å². The molecule has 0 saturated carbocycles. The molecule has 0 saturated heterocycles. The number of nitrogens with one attached hydrogen (secondary N) is 2. The van der Waals surface area contributed by atoms with Crippen molar-refractivity contribution in [1.82, 2.24) is 10.6 Å². The molecular weight excluding hydrogens is 280 g/mol. The van der Waals surface area contributed by atoms with Crippen LogP contribution in [0.1, 0.15) is 41.0 Å². The molecule has 0 bridgehead atoms. The van der Waals surface area contributed by atoms with Crippen LogP contribution in [-0.2, 0) is 14.6 Å². The van der Waals surface area contributed by atoms with Crippen LogP contribution >= 0.6 is 0 Å². The minimum absolute atomic E-state index is 0.0820. The number of sulfone groups is 1. The largest absolute Gasteiger partial charge is 0.444 e. The fourth-order valence-electron chi connectivity index (χ4n) is 1.50. The van der Waals surface area contributed by atoms with Crippen LogP contribution in [-0.4, -0.2) is 50.7 Å². The van der Waals surface area contributed by atoms with E-state index in [9.17, 15) is 13.2 Å². The van der Waals surface area contributed by atoms with Crippen molar-refractivity contribution in [2.24, 2.45) is 0 Å². The van der Waals surface area contributed by atoms with Gasteiger partial charge in [-0.1, -0.05) is 6.92 Å². The van der Waals surface area contributed by atoms with E-state index in [1.165, 1.54) is 0 Å². The molecule has 0 aliphatic heterocycles. The van der Waals surface area contributed by atoms with Crippen molar-refractivity contribution < 1.29 is 17.9 Å². The van der Waals surface area contributed by atoms with Crippen LogP contribution in [0.4, 0.5) is 4.79 Å². The van der Waals surface area contributed by atoms with E-state index in [4.69, 9.17) is 4.74 Å². The van der Waals surface area contributed by atoms with Crippen molar-refractivity contribution in [3.63, 3.8) is 0 Å². The van der Waals surface area contributed by atoms with Crippen LogP contribution < -0.4 is 10.6 Å². The average Bonchev–Trinajstić information content (AvgIpc) is 2.25. The molecule has 20 heavy (non-hydrogen) atoms. The van der Waals surface area contributed by atoms with Crippen LogP contribution in [0, 0.1) is 0 Å². The number of rotatable bonds is 8. The third-order valence-electron chi connectivity index (χ3n) is 2.46. The molecule has 0 radical (unpaired) electrons. The molecule has 0 aliphatic rings. The summed E-state index contributed by atoms with van der Waals surface area (Å²) in [7, 11) is -2.95. The van der Waals surface area contributed by atoms with E-state index in [1.54, 1.807) is 6.92 Å². The highest BCUT2D eigenvalue weighted by atomic mass is 32.2. The van der Waals surface area contributed by atoms with Gasteiger partial charge >= 0.3 is 6.09 Å². The van der Waals surface area contributed by atoms with Crippen LogP contribution in [0.5, 0.6) is 0 Å². The minimum atomic E-state index is -2.95. The lowest BCUT2D eigenvalue weighted by atomic mass is 10.2. The summed E-state index contributed by atoms with van der Waals surface area (Å²) in [6.45, 7) is 10.1. The van der Waals surface area contributed by atoms with E-state index >= 15 is 0 Å². The zero-order chi connectivity index (χ0) is 15.8. The first-order chi connectivity index (χ1) is 9.06. The molecule has 120 valence electrons. The second kappa shape index (κ2) is 8.46. The van der Waals surface area contributed by atoms with Gasteiger partial charge in [0.05, 0.1) is 5.75 Å². The fourth-order valence-corrected chi connectivity index (χ4v) is 2.61. The second-order valence-electron chi connectivity index (χ2n) is 5.84. The van der Waals surface area contributed by atoms with Crippen molar-refractivity contribution in [2.45, 2.75) is 52.7 Å².